The minimum atomic E-state index is -1.24. The molecule has 2 N–H and O–H groups in total. The van der Waals surface area contributed by atoms with Gasteiger partial charge in [0, 0.05) is 16.0 Å². The number of carbonyl (C=O) groups excluding carboxylic acids is 1. The van der Waals surface area contributed by atoms with Gasteiger partial charge in [-0.15, -0.1) is 11.3 Å². The Hall–Kier alpha value is -3.20. The van der Waals surface area contributed by atoms with Crippen LogP contribution in [0.25, 0.3) is 21.6 Å². The van der Waals surface area contributed by atoms with Gasteiger partial charge in [0.25, 0.3) is 5.56 Å². The molecule has 32 heavy (non-hydrogen) atoms. The molecule has 2 aromatic heterocycles. The Morgan fingerprint density at radius 1 is 1.16 bits per heavy atom. The summed E-state index contributed by atoms with van der Waals surface area (Å²) in [6, 6.07) is 12.5. The number of nitrogens with one attached hydrogen (secondary N) is 1. The van der Waals surface area contributed by atoms with E-state index in [9.17, 15) is 19.5 Å². The standard InChI is InChI=1S/C22H15Cl2N3O4S/c1-11(19(28)25-16-9-13(23)7-8-15(16)24)27-18(12-5-3-2-4-6-12)26-20-17(21(27)29)14(10-32-20)22(30)31/h2-11H,1H3,(H,25,28)(H,30,31). The zero-order valence-electron chi connectivity index (χ0n) is 16.5. The molecule has 4 aromatic rings. The van der Waals surface area contributed by atoms with E-state index in [1.807, 2.05) is 6.07 Å². The Balaban J connectivity index is 1.89. The quantitative estimate of drug-likeness (QED) is 0.396. The molecule has 0 aliphatic carbocycles. The number of halogens is 2. The van der Waals surface area contributed by atoms with E-state index in [-0.39, 0.29) is 26.6 Å². The van der Waals surface area contributed by atoms with Gasteiger partial charge in [-0.1, -0.05) is 53.5 Å². The summed E-state index contributed by atoms with van der Waals surface area (Å²) in [6.45, 7) is 1.53. The number of benzene rings is 2. The van der Waals surface area contributed by atoms with Crippen molar-refractivity contribution in [3.8, 4) is 11.4 Å². The number of nitrogens with zero attached hydrogens (tertiary/aromatic N) is 2. The van der Waals surface area contributed by atoms with Crippen LogP contribution < -0.4 is 10.9 Å². The summed E-state index contributed by atoms with van der Waals surface area (Å²) in [5, 5.41) is 14.2. The van der Waals surface area contributed by atoms with Crippen molar-refractivity contribution in [3.63, 3.8) is 0 Å². The number of anilines is 1. The maximum absolute atomic E-state index is 13.5. The molecule has 1 atom stereocenters. The number of carboxylic acids is 1. The third-order valence-electron chi connectivity index (χ3n) is 4.86. The van der Waals surface area contributed by atoms with E-state index in [2.05, 4.69) is 10.3 Å². The maximum atomic E-state index is 13.5. The largest absolute Gasteiger partial charge is 0.478 e. The average molecular weight is 488 g/mol. The van der Waals surface area contributed by atoms with E-state index in [0.717, 1.165) is 11.3 Å². The highest BCUT2D eigenvalue weighted by molar-refractivity contribution is 7.17. The molecule has 0 aliphatic heterocycles. The van der Waals surface area contributed by atoms with Crippen LogP contribution in [0, 0.1) is 0 Å². The number of amides is 1. The number of carbonyl (C=O) groups is 2. The molecule has 1 unspecified atom stereocenters. The first-order chi connectivity index (χ1) is 15.3. The van der Waals surface area contributed by atoms with E-state index >= 15 is 0 Å². The van der Waals surface area contributed by atoms with Crippen LogP contribution in [0.3, 0.4) is 0 Å². The van der Waals surface area contributed by atoms with Crippen LogP contribution in [-0.4, -0.2) is 26.5 Å². The van der Waals surface area contributed by atoms with Gasteiger partial charge < -0.3 is 10.4 Å². The zero-order chi connectivity index (χ0) is 23.0. The molecule has 0 aliphatic rings. The fraction of sp³-hybridized carbons (Fsp3) is 0.0909. The molecule has 2 heterocycles. The first-order valence-corrected chi connectivity index (χ1v) is 11.0. The molecular weight excluding hydrogens is 473 g/mol. The number of aromatic carboxylic acids is 1. The molecule has 4 rings (SSSR count). The highest BCUT2D eigenvalue weighted by atomic mass is 35.5. The predicted octanol–water partition coefficient (Wildman–Crippen LogP) is 5.33. The van der Waals surface area contributed by atoms with E-state index in [4.69, 9.17) is 23.2 Å². The Bertz CT molecular complexity index is 1420. The van der Waals surface area contributed by atoms with Crippen LogP contribution >= 0.6 is 34.5 Å². The number of aromatic nitrogens is 2. The van der Waals surface area contributed by atoms with Gasteiger partial charge in [-0.25, -0.2) is 9.78 Å². The number of fused-ring (bicyclic) bond motifs is 1. The normalized spacial score (nSPS) is 12.0. The Kier molecular flexibility index (Phi) is 6.01. The van der Waals surface area contributed by atoms with E-state index in [0.29, 0.717) is 16.3 Å². The molecule has 0 saturated heterocycles. The summed E-state index contributed by atoms with van der Waals surface area (Å²) in [4.78, 5) is 43.0. The minimum absolute atomic E-state index is 0.0392. The second-order valence-electron chi connectivity index (χ2n) is 6.90. The summed E-state index contributed by atoms with van der Waals surface area (Å²) in [5.74, 6) is -1.53. The maximum Gasteiger partial charge on any atom is 0.337 e. The lowest BCUT2D eigenvalue weighted by Crippen LogP contribution is -2.33. The van der Waals surface area contributed by atoms with Gasteiger partial charge in [-0.3, -0.25) is 14.2 Å². The lowest BCUT2D eigenvalue weighted by molar-refractivity contribution is -0.118. The SMILES string of the molecule is CC(C(=O)Nc1cc(Cl)ccc1Cl)n1c(-c2ccccc2)nc2scc(C(=O)O)c2c1=O. The first kappa shape index (κ1) is 22.0. The second-order valence-corrected chi connectivity index (χ2v) is 8.60. The molecule has 0 spiro atoms. The summed E-state index contributed by atoms with van der Waals surface area (Å²) < 4.78 is 1.20. The van der Waals surface area contributed by atoms with E-state index in [1.165, 1.54) is 22.9 Å². The molecule has 0 saturated carbocycles. The van der Waals surface area contributed by atoms with Crippen LogP contribution in [0.4, 0.5) is 5.69 Å². The van der Waals surface area contributed by atoms with Crippen LogP contribution in [0.1, 0.15) is 23.3 Å². The number of hydrogen-bond acceptors (Lipinski definition) is 5. The molecule has 7 nitrogen and oxygen atoms in total. The van der Waals surface area contributed by atoms with Crippen molar-refractivity contribution in [1.29, 1.82) is 0 Å². The number of hydrogen-bond donors (Lipinski definition) is 2. The van der Waals surface area contributed by atoms with Crippen LogP contribution in [0.2, 0.25) is 10.0 Å². The molecule has 2 aromatic carbocycles. The van der Waals surface area contributed by atoms with Crippen molar-refractivity contribution in [1.82, 2.24) is 9.55 Å². The molecule has 0 fully saturated rings. The average Bonchev–Trinajstić information content (AvgIpc) is 3.21. The second kappa shape index (κ2) is 8.74. The molecule has 10 heteroatoms. The van der Waals surface area contributed by atoms with Gasteiger partial charge >= 0.3 is 5.97 Å². The molecule has 0 radical (unpaired) electrons. The lowest BCUT2D eigenvalue weighted by atomic mass is 10.1. The van der Waals surface area contributed by atoms with Crippen LogP contribution in [0.15, 0.2) is 58.7 Å². The summed E-state index contributed by atoms with van der Waals surface area (Å²) in [5.41, 5.74) is 0.132. The molecular formula is C22H15Cl2N3O4S. The highest BCUT2D eigenvalue weighted by Crippen LogP contribution is 2.29. The number of carboxylic acid groups (broad SMARTS) is 1. The topological polar surface area (TPSA) is 101 Å². The van der Waals surface area contributed by atoms with E-state index < -0.39 is 23.5 Å². The van der Waals surface area contributed by atoms with Gasteiger partial charge in [0.15, 0.2) is 0 Å². The molecule has 162 valence electrons. The smallest absolute Gasteiger partial charge is 0.337 e. The first-order valence-electron chi connectivity index (χ1n) is 9.36. The van der Waals surface area contributed by atoms with Crippen molar-refractivity contribution >= 4 is 62.3 Å². The van der Waals surface area contributed by atoms with Gasteiger partial charge in [0.05, 0.1) is 21.7 Å². The van der Waals surface area contributed by atoms with Crippen LogP contribution in [0.5, 0.6) is 0 Å². The zero-order valence-corrected chi connectivity index (χ0v) is 18.8. The Morgan fingerprint density at radius 3 is 2.56 bits per heavy atom. The van der Waals surface area contributed by atoms with Crippen molar-refractivity contribution in [2.45, 2.75) is 13.0 Å². The third-order valence-corrected chi connectivity index (χ3v) is 6.29. The number of thiophene rings is 1. The van der Waals surface area contributed by atoms with Crippen molar-refractivity contribution in [2.24, 2.45) is 0 Å². The Morgan fingerprint density at radius 2 is 1.88 bits per heavy atom. The number of rotatable bonds is 5. The third kappa shape index (κ3) is 4.00. The van der Waals surface area contributed by atoms with Gasteiger partial charge in [0.2, 0.25) is 5.91 Å². The fourth-order valence-corrected chi connectivity index (χ4v) is 4.50. The monoisotopic (exact) mass is 487 g/mol. The molecule has 1 amide bonds. The molecule has 0 bridgehead atoms. The minimum Gasteiger partial charge on any atom is -0.478 e. The van der Waals surface area contributed by atoms with Gasteiger partial charge in [-0.2, -0.15) is 0 Å². The van der Waals surface area contributed by atoms with E-state index in [1.54, 1.807) is 36.4 Å². The predicted molar refractivity (Wildman–Crippen MR) is 126 cm³/mol. The van der Waals surface area contributed by atoms with Gasteiger partial charge in [-0.05, 0) is 25.1 Å². The van der Waals surface area contributed by atoms with Crippen molar-refractivity contribution in [2.75, 3.05) is 5.32 Å². The fourth-order valence-electron chi connectivity index (χ4n) is 3.26. The van der Waals surface area contributed by atoms with Crippen molar-refractivity contribution in [3.05, 3.63) is 79.9 Å². The summed E-state index contributed by atoms with van der Waals surface area (Å²) in [7, 11) is 0. The van der Waals surface area contributed by atoms with Gasteiger partial charge in [0.1, 0.15) is 16.7 Å². The lowest BCUT2D eigenvalue weighted by Gasteiger charge is -2.19. The summed E-state index contributed by atoms with van der Waals surface area (Å²) >= 11 is 13.2. The highest BCUT2D eigenvalue weighted by Gasteiger charge is 2.26. The van der Waals surface area contributed by atoms with Crippen LogP contribution in [-0.2, 0) is 4.79 Å². The summed E-state index contributed by atoms with van der Waals surface area (Å²) in [6.07, 6.45) is 0. The van der Waals surface area contributed by atoms with Crippen molar-refractivity contribution < 1.29 is 14.7 Å². The Labute approximate surface area is 195 Å².